The Labute approximate surface area is 117 Å². The summed E-state index contributed by atoms with van der Waals surface area (Å²) in [7, 11) is -3.86. The van der Waals surface area contributed by atoms with Crippen LogP contribution in [0, 0.1) is 0 Å². The molecule has 1 aliphatic carbocycles. The van der Waals surface area contributed by atoms with Gasteiger partial charge in [0, 0.05) is 24.7 Å². The van der Waals surface area contributed by atoms with E-state index in [1.54, 1.807) is 6.07 Å². The molecule has 0 aromatic heterocycles. The number of carbonyl (C=O) groups is 1. The van der Waals surface area contributed by atoms with Crippen LogP contribution in [0.15, 0.2) is 23.1 Å². The molecule has 2 rings (SSSR count). The van der Waals surface area contributed by atoms with Gasteiger partial charge in [0.2, 0.25) is 15.9 Å². The van der Waals surface area contributed by atoms with Gasteiger partial charge in [0.1, 0.15) is 4.90 Å². The van der Waals surface area contributed by atoms with Gasteiger partial charge in [-0.2, -0.15) is 0 Å². The molecule has 0 unspecified atom stereocenters. The Morgan fingerprint density at radius 2 is 2.05 bits per heavy atom. The van der Waals surface area contributed by atoms with Gasteiger partial charge in [-0.05, 0) is 31.0 Å². The molecule has 7 nitrogen and oxygen atoms in total. The van der Waals surface area contributed by atoms with E-state index >= 15 is 0 Å². The van der Waals surface area contributed by atoms with E-state index in [9.17, 15) is 13.2 Å². The summed E-state index contributed by atoms with van der Waals surface area (Å²) in [5.74, 6) is -0.0485. The summed E-state index contributed by atoms with van der Waals surface area (Å²) in [6.45, 7) is 0.324. The fourth-order valence-corrected chi connectivity index (χ4v) is 2.51. The summed E-state index contributed by atoms with van der Waals surface area (Å²) in [4.78, 5) is 11.4. The minimum absolute atomic E-state index is 0.0485. The molecule has 1 aliphatic rings. The molecule has 1 aromatic rings. The molecule has 6 N–H and O–H groups in total. The van der Waals surface area contributed by atoms with Gasteiger partial charge in [-0.15, -0.1) is 0 Å². The number of carbonyl (C=O) groups excluding carboxylic acids is 1. The van der Waals surface area contributed by atoms with Crippen molar-refractivity contribution in [3.8, 4) is 0 Å². The zero-order valence-corrected chi connectivity index (χ0v) is 11.7. The maximum absolute atomic E-state index is 11.5. The highest BCUT2D eigenvalue weighted by Gasteiger charge is 2.22. The third kappa shape index (κ3) is 4.10. The van der Waals surface area contributed by atoms with Crippen molar-refractivity contribution in [1.29, 1.82) is 0 Å². The molecule has 20 heavy (non-hydrogen) atoms. The number of nitrogens with two attached hydrogens (primary N) is 2. The minimum Gasteiger partial charge on any atom is -0.399 e. The Hall–Kier alpha value is -1.80. The molecule has 1 saturated carbocycles. The molecule has 8 heteroatoms. The fraction of sp³-hybridized carbons (Fsp3) is 0.417. The SMILES string of the molecule is Nc1ccc(NCCC(=O)NC2CC2)c(S(N)(=O)=O)c1. The van der Waals surface area contributed by atoms with Gasteiger partial charge in [-0.3, -0.25) is 4.79 Å². The van der Waals surface area contributed by atoms with Crippen LogP contribution >= 0.6 is 0 Å². The second kappa shape index (κ2) is 5.68. The highest BCUT2D eigenvalue weighted by Crippen LogP contribution is 2.23. The first-order valence-corrected chi connectivity index (χ1v) is 7.86. The summed E-state index contributed by atoms with van der Waals surface area (Å²) < 4.78 is 22.9. The molecule has 0 atom stereocenters. The van der Waals surface area contributed by atoms with Crippen molar-refractivity contribution < 1.29 is 13.2 Å². The molecule has 1 fully saturated rings. The second-order valence-electron chi connectivity index (χ2n) is 4.82. The number of anilines is 2. The van der Waals surface area contributed by atoms with Crippen molar-refractivity contribution >= 4 is 27.3 Å². The van der Waals surface area contributed by atoms with Crippen LogP contribution in [0.3, 0.4) is 0 Å². The number of hydrogen-bond acceptors (Lipinski definition) is 5. The van der Waals surface area contributed by atoms with E-state index in [0.717, 1.165) is 12.8 Å². The normalized spacial score (nSPS) is 14.8. The van der Waals surface area contributed by atoms with Crippen LogP contribution in [-0.4, -0.2) is 26.9 Å². The Morgan fingerprint density at radius 3 is 2.65 bits per heavy atom. The van der Waals surface area contributed by atoms with Crippen LogP contribution in [0.1, 0.15) is 19.3 Å². The summed E-state index contributed by atoms with van der Waals surface area (Å²) in [5, 5.41) is 10.9. The first-order chi connectivity index (χ1) is 9.36. The third-order valence-electron chi connectivity index (χ3n) is 2.92. The Kier molecular flexibility index (Phi) is 4.15. The van der Waals surface area contributed by atoms with Gasteiger partial charge >= 0.3 is 0 Å². The molecule has 1 amide bonds. The van der Waals surface area contributed by atoms with Gasteiger partial charge < -0.3 is 16.4 Å². The first-order valence-electron chi connectivity index (χ1n) is 6.32. The highest BCUT2D eigenvalue weighted by molar-refractivity contribution is 7.89. The predicted molar refractivity (Wildman–Crippen MR) is 76.5 cm³/mol. The van der Waals surface area contributed by atoms with Crippen LogP contribution in [0.25, 0.3) is 0 Å². The number of benzene rings is 1. The standard InChI is InChI=1S/C12H18N4O3S/c13-8-1-4-10(11(7-8)20(14,18)19)15-6-5-12(17)16-9-2-3-9/h1,4,7,9,15H,2-3,5-6,13H2,(H,16,17)(H2,14,18,19). The lowest BCUT2D eigenvalue weighted by molar-refractivity contribution is -0.120. The number of sulfonamides is 1. The van der Waals surface area contributed by atoms with Gasteiger partial charge in [0.25, 0.3) is 0 Å². The van der Waals surface area contributed by atoms with Gasteiger partial charge in [0.05, 0.1) is 5.69 Å². The van der Waals surface area contributed by atoms with E-state index in [2.05, 4.69) is 10.6 Å². The molecule has 0 bridgehead atoms. The monoisotopic (exact) mass is 298 g/mol. The lowest BCUT2D eigenvalue weighted by Crippen LogP contribution is -2.27. The largest absolute Gasteiger partial charge is 0.399 e. The number of primary sulfonamides is 1. The predicted octanol–water partition coefficient (Wildman–Crippen LogP) is -0.00320. The lowest BCUT2D eigenvalue weighted by atomic mass is 10.2. The topological polar surface area (TPSA) is 127 Å². The van der Waals surface area contributed by atoms with Crippen LogP contribution in [-0.2, 0) is 14.8 Å². The van der Waals surface area contributed by atoms with E-state index in [-0.39, 0.29) is 17.2 Å². The third-order valence-corrected chi connectivity index (χ3v) is 3.87. The molecule has 110 valence electrons. The quantitative estimate of drug-likeness (QED) is 0.550. The maximum atomic E-state index is 11.5. The van der Waals surface area contributed by atoms with Crippen molar-refractivity contribution in [3.63, 3.8) is 0 Å². The zero-order chi connectivity index (χ0) is 14.8. The Morgan fingerprint density at radius 1 is 1.35 bits per heavy atom. The summed E-state index contributed by atoms with van der Waals surface area (Å²) in [6.07, 6.45) is 2.34. The van der Waals surface area contributed by atoms with Gasteiger partial charge in [-0.25, -0.2) is 13.6 Å². The minimum atomic E-state index is -3.86. The Balaban J connectivity index is 1.96. The number of nitrogen functional groups attached to an aromatic ring is 1. The average Bonchev–Trinajstić information content (AvgIpc) is 3.13. The van der Waals surface area contributed by atoms with Crippen LogP contribution in [0.2, 0.25) is 0 Å². The summed E-state index contributed by atoms with van der Waals surface area (Å²) in [5.41, 5.74) is 6.21. The van der Waals surface area contributed by atoms with Gasteiger partial charge in [-0.1, -0.05) is 0 Å². The molecule has 0 aliphatic heterocycles. The number of nitrogens with one attached hydrogen (secondary N) is 2. The van der Waals surface area contributed by atoms with Crippen molar-refractivity contribution in [1.82, 2.24) is 5.32 Å². The zero-order valence-electron chi connectivity index (χ0n) is 10.9. The van der Waals surface area contributed by atoms with Crippen LogP contribution in [0.5, 0.6) is 0 Å². The lowest BCUT2D eigenvalue weighted by Gasteiger charge is -2.11. The molecule has 0 saturated heterocycles. The molecular formula is C12H18N4O3S. The van der Waals surface area contributed by atoms with Crippen LogP contribution in [0.4, 0.5) is 11.4 Å². The fourth-order valence-electron chi connectivity index (χ4n) is 1.76. The van der Waals surface area contributed by atoms with E-state index in [1.165, 1.54) is 12.1 Å². The van der Waals surface area contributed by atoms with Crippen LogP contribution < -0.4 is 21.5 Å². The molecular weight excluding hydrogens is 280 g/mol. The molecule has 1 aromatic carbocycles. The molecule has 0 spiro atoms. The van der Waals surface area contributed by atoms with E-state index in [0.29, 0.717) is 24.0 Å². The van der Waals surface area contributed by atoms with Crippen molar-refractivity contribution in [2.24, 2.45) is 5.14 Å². The van der Waals surface area contributed by atoms with Crippen molar-refractivity contribution in [2.75, 3.05) is 17.6 Å². The second-order valence-corrected chi connectivity index (χ2v) is 6.35. The summed E-state index contributed by atoms with van der Waals surface area (Å²) >= 11 is 0. The number of amides is 1. The first kappa shape index (κ1) is 14.6. The molecule has 0 radical (unpaired) electrons. The van der Waals surface area contributed by atoms with Crippen molar-refractivity contribution in [2.45, 2.75) is 30.2 Å². The van der Waals surface area contributed by atoms with E-state index in [4.69, 9.17) is 10.9 Å². The Bertz CT molecular complexity index is 611. The van der Waals surface area contributed by atoms with Gasteiger partial charge in [0.15, 0.2) is 0 Å². The molecule has 0 heterocycles. The maximum Gasteiger partial charge on any atom is 0.240 e. The van der Waals surface area contributed by atoms with Crippen molar-refractivity contribution in [3.05, 3.63) is 18.2 Å². The number of rotatable bonds is 6. The smallest absolute Gasteiger partial charge is 0.240 e. The van der Waals surface area contributed by atoms with E-state index in [1.807, 2.05) is 0 Å². The van der Waals surface area contributed by atoms with E-state index < -0.39 is 10.0 Å². The average molecular weight is 298 g/mol. The summed E-state index contributed by atoms with van der Waals surface area (Å²) in [6, 6.07) is 4.72. The highest BCUT2D eigenvalue weighted by atomic mass is 32.2. The number of hydrogen-bond donors (Lipinski definition) is 4.